The zero-order chi connectivity index (χ0) is 19.6. The van der Waals surface area contributed by atoms with Crippen LogP contribution >= 0.6 is 24.0 Å². The summed E-state index contributed by atoms with van der Waals surface area (Å²) in [5, 5.41) is 6.34. The van der Waals surface area contributed by atoms with Gasteiger partial charge in [-0.3, -0.25) is 4.99 Å². The lowest BCUT2D eigenvalue weighted by Crippen LogP contribution is -2.45. The lowest BCUT2D eigenvalue weighted by atomic mass is 10.1. The van der Waals surface area contributed by atoms with Crippen molar-refractivity contribution < 1.29 is 17.9 Å². The van der Waals surface area contributed by atoms with Crippen LogP contribution in [-0.2, 0) is 26.0 Å². The minimum Gasteiger partial charge on any atom is -0.383 e. The number of aliphatic imine (C=N–C) groups is 1. The van der Waals surface area contributed by atoms with Crippen molar-refractivity contribution in [3.05, 3.63) is 29.8 Å². The van der Waals surface area contributed by atoms with Crippen molar-refractivity contribution in [3.8, 4) is 0 Å². The van der Waals surface area contributed by atoms with Gasteiger partial charge in [-0.15, -0.1) is 24.0 Å². The maximum atomic E-state index is 12.3. The van der Waals surface area contributed by atoms with E-state index in [-0.39, 0.29) is 41.0 Å². The Morgan fingerprint density at radius 1 is 1.22 bits per heavy atom. The van der Waals surface area contributed by atoms with Gasteiger partial charge in [0.05, 0.1) is 17.1 Å². The molecule has 0 heterocycles. The van der Waals surface area contributed by atoms with Gasteiger partial charge in [0.15, 0.2) is 5.96 Å². The van der Waals surface area contributed by atoms with Gasteiger partial charge in [0.1, 0.15) is 0 Å². The first-order valence-corrected chi connectivity index (χ1v) is 9.79. The second-order valence-electron chi connectivity index (χ2n) is 6.28. The average Bonchev–Trinajstić information content (AvgIpc) is 2.62. The Morgan fingerprint density at radius 3 is 2.52 bits per heavy atom. The van der Waals surface area contributed by atoms with Gasteiger partial charge >= 0.3 is 0 Å². The van der Waals surface area contributed by atoms with E-state index in [0.29, 0.717) is 25.7 Å². The van der Waals surface area contributed by atoms with Gasteiger partial charge in [-0.1, -0.05) is 12.1 Å². The van der Waals surface area contributed by atoms with E-state index < -0.39 is 10.0 Å². The molecule has 0 saturated heterocycles. The van der Waals surface area contributed by atoms with Gasteiger partial charge < -0.3 is 20.1 Å². The van der Waals surface area contributed by atoms with E-state index in [4.69, 9.17) is 9.47 Å². The number of hydrogen-bond acceptors (Lipinski definition) is 5. The normalized spacial score (nSPS) is 12.4. The summed E-state index contributed by atoms with van der Waals surface area (Å²) in [5.41, 5.74) is 0.507. The summed E-state index contributed by atoms with van der Waals surface area (Å²) in [5.74, 6) is 0.613. The van der Waals surface area contributed by atoms with Crippen molar-refractivity contribution >= 4 is 40.0 Å². The highest BCUT2D eigenvalue weighted by atomic mass is 127. The van der Waals surface area contributed by atoms with Crippen LogP contribution in [-0.4, -0.2) is 60.9 Å². The molecule has 27 heavy (non-hydrogen) atoms. The summed E-state index contributed by atoms with van der Waals surface area (Å²) in [6.45, 7) is 5.51. The Kier molecular flexibility index (Phi) is 12.1. The number of ether oxygens (including phenoxy) is 2. The fourth-order valence-corrected chi connectivity index (χ4v) is 3.04. The third-order valence-electron chi connectivity index (χ3n) is 3.72. The summed E-state index contributed by atoms with van der Waals surface area (Å²) in [6.07, 6.45) is 0. The molecule has 1 aromatic rings. The quantitative estimate of drug-likeness (QED) is 0.189. The van der Waals surface area contributed by atoms with E-state index in [0.717, 1.165) is 5.56 Å². The number of benzene rings is 1. The molecule has 3 N–H and O–H groups in total. The summed E-state index contributed by atoms with van der Waals surface area (Å²) in [6, 6.07) is 6.76. The molecule has 0 unspecified atom stereocenters. The molecular formula is C17H31IN4O4S. The average molecular weight is 514 g/mol. The molecule has 1 aromatic carbocycles. The zero-order valence-electron chi connectivity index (χ0n) is 16.5. The van der Waals surface area contributed by atoms with Crippen molar-refractivity contribution in [2.24, 2.45) is 4.99 Å². The molecular weight excluding hydrogens is 483 g/mol. The molecule has 0 bridgehead atoms. The fraction of sp³-hybridized carbons (Fsp3) is 0.588. The van der Waals surface area contributed by atoms with Crippen LogP contribution in [0.2, 0.25) is 0 Å². The summed E-state index contributed by atoms with van der Waals surface area (Å²) < 4.78 is 37.2. The molecule has 156 valence electrons. The van der Waals surface area contributed by atoms with Crippen molar-refractivity contribution in [1.29, 1.82) is 0 Å². The largest absolute Gasteiger partial charge is 0.383 e. The predicted molar refractivity (Wildman–Crippen MR) is 118 cm³/mol. The third kappa shape index (κ3) is 9.70. The number of hydrogen-bond donors (Lipinski definition) is 3. The molecule has 0 aromatic heterocycles. The topological polar surface area (TPSA) is 101 Å². The van der Waals surface area contributed by atoms with Crippen LogP contribution in [0.3, 0.4) is 0 Å². The van der Waals surface area contributed by atoms with E-state index in [1.165, 1.54) is 7.11 Å². The van der Waals surface area contributed by atoms with Gasteiger partial charge in [0, 0.05) is 40.9 Å². The van der Waals surface area contributed by atoms with Crippen molar-refractivity contribution in [3.63, 3.8) is 0 Å². The molecule has 0 aliphatic carbocycles. The first-order valence-electron chi connectivity index (χ1n) is 8.31. The minimum absolute atomic E-state index is 0. The van der Waals surface area contributed by atoms with E-state index in [1.807, 2.05) is 19.9 Å². The van der Waals surface area contributed by atoms with E-state index in [1.54, 1.807) is 32.4 Å². The van der Waals surface area contributed by atoms with Gasteiger partial charge in [0.25, 0.3) is 0 Å². The van der Waals surface area contributed by atoms with Crippen molar-refractivity contribution in [1.82, 2.24) is 15.4 Å². The van der Waals surface area contributed by atoms with Crippen LogP contribution in [0.1, 0.15) is 19.4 Å². The Hall–Kier alpha value is -0.950. The smallest absolute Gasteiger partial charge is 0.240 e. The van der Waals surface area contributed by atoms with Crippen LogP contribution in [0.4, 0.5) is 0 Å². The van der Waals surface area contributed by atoms with E-state index in [2.05, 4.69) is 20.3 Å². The number of halogens is 1. The Bertz CT molecular complexity index is 696. The van der Waals surface area contributed by atoms with Crippen molar-refractivity contribution in [2.75, 3.05) is 41.0 Å². The molecule has 10 heteroatoms. The number of nitrogens with one attached hydrogen (secondary N) is 3. The molecule has 0 radical (unpaired) electrons. The number of sulfonamides is 1. The molecule has 0 atom stereocenters. The van der Waals surface area contributed by atoms with Gasteiger partial charge in [-0.05, 0) is 31.5 Å². The molecule has 0 fully saturated rings. The lowest BCUT2D eigenvalue weighted by molar-refractivity contribution is 0.0268. The predicted octanol–water partition coefficient (Wildman–Crippen LogP) is 1.32. The highest BCUT2D eigenvalue weighted by Gasteiger charge is 2.17. The number of methoxy groups -OCH3 is 2. The minimum atomic E-state index is -3.55. The first kappa shape index (κ1) is 26.1. The van der Waals surface area contributed by atoms with Crippen LogP contribution in [0.15, 0.2) is 34.2 Å². The zero-order valence-corrected chi connectivity index (χ0v) is 19.7. The molecule has 0 aliphatic rings. The number of guanidine groups is 1. The van der Waals surface area contributed by atoms with Crippen LogP contribution < -0.4 is 15.4 Å². The number of nitrogens with zero attached hydrogens (tertiary/aromatic N) is 1. The molecule has 0 amide bonds. The SMILES string of the molecule is CN=C(NCc1cccc(S(=O)(=O)NCCOC)c1)NCC(C)(C)OC.I. The molecule has 0 spiro atoms. The highest BCUT2D eigenvalue weighted by Crippen LogP contribution is 2.11. The van der Waals surface area contributed by atoms with E-state index >= 15 is 0 Å². The Morgan fingerprint density at radius 2 is 1.93 bits per heavy atom. The monoisotopic (exact) mass is 514 g/mol. The van der Waals surface area contributed by atoms with Crippen LogP contribution in [0.5, 0.6) is 0 Å². The second kappa shape index (κ2) is 12.5. The van der Waals surface area contributed by atoms with Crippen molar-refractivity contribution in [2.45, 2.75) is 30.9 Å². The van der Waals surface area contributed by atoms with Gasteiger partial charge in [-0.2, -0.15) is 0 Å². The Labute approximate surface area is 179 Å². The number of rotatable bonds is 10. The first-order chi connectivity index (χ1) is 12.2. The molecule has 8 nitrogen and oxygen atoms in total. The molecule has 0 aliphatic heterocycles. The molecule has 1 rings (SSSR count). The van der Waals surface area contributed by atoms with Gasteiger partial charge in [-0.25, -0.2) is 13.1 Å². The fourth-order valence-electron chi connectivity index (χ4n) is 1.96. The summed E-state index contributed by atoms with van der Waals surface area (Å²) in [7, 11) is 1.30. The van der Waals surface area contributed by atoms with Crippen LogP contribution in [0.25, 0.3) is 0 Å². The maximum absolute atomic E-state index is 12.3. The second-order valence-corrected chi connectivity index (χ2v) is 8.05. The summed E-state index contributed by atoms with van der Waals surface area (Å²) in [4.78, 5) is 4.37. The Balaban J connectivity index is 0.00000676. The summed E-state index contributed by atoms with van der Waals surface area (Å²) >= 11 is 0. The van der Waals surface area contributed by atoms with Crippen LogP contribution in [0, 0.1) is 0 Å². The maximum Gasteiger partial charge on any atom is 0.240 e. The highest BCUT2D eigenvalue weighted by molar-refractivity contribution is 14.0. The van der Waals surface area contributed by atoms with Gasteiger partial charge in [0.2, 0.25) is 10.0 Å². The molecule has 0 saturated carbocycles. The lowest BCUT2D eigenvalue weighted by Gasteiger charge is -2.24. The standard InChI is InChI=1S/C17H30N4O4S.HI/c1-17(2,25-5)13-20-16(18-3)19-12-14-7-6-8-15(11-14)26(22,23)21-9-10-24-4;/h6-8,11,21H,9-10,12-13H2,1-5H3,(H2,18,19,20);1H. The van der Waals surface area contributed by atoms with E-state index in [9.17, 15) is 8.42 Å². The third-order valence-corrected chi connectivity index (χ3v) is 5.18.